The quantitative estimate of drug-likeness (QED) is 0.893. The van der Waals surface area contributed by atoms with Crippen LogP contribution in [-0.4, -0.2) is 37.5 Å². The second-order valence-electron chi connectivity index (χ2n) is 5.15. The van der Waals surface area contributed by atoms with Crippen LogP contribution < -0.4 is 14.4 Å². The topological polar surface area (TPSA) is 41.9 Å². The third kappa shape index (κ3) is 2.01. The van der Waals surface area contributed by atoms with Gasteiger partial charge in [0, 0.05) is 12.6 Å². The number of nitrogens with zero attached hydrogens (tertiary/aromatic N) is 1. The maximum atomic E-state index is 10.0. The standard InChI is InChI=1S/C14H21NO3/c1-14(2)13(16)7-8-15(14)11-6-5-10(17-3)9-12(11)18-4/h5-6,9,13,16H,7-8H2,1-4H3. The van der Waals surface area contributed by atoms with E-state index in [0.29, 0.717) is 0 Å². The fraction of sp³-hybridized carbons (Fsp3) is 0.571. The molecular weight excluding hydrogens is 230 g/mol. The van der Waals surface area contributed by atoms with Crippen molar-refractivity contribution in [1.29, 1.82) is 0 Å². The molecule has 1 aliphatic rings. The second kappa shape index (κ2) is 4.69. The highest BCUT2D eigenvalue weighted by Gasteiger charge is 2.41. The van der Waals surface area contributed by atoms with Gasteiger partial charge in [-0.2, -0.15) is 0 Å². The molecule has 0 spiro atoms. The number of benzene rings is 1. The van der Waals surface area contributed by atoms with Crippen LogP contribution in [0.4, 0.5) is 5.69 Å². The molecule has 1 atom stereocenters. The number of hydrogen-bond acceptors (Lipinski definition) is 4. The van der Waals surface area contributed by atoms with Crippen LogP contribution in [0.3, 0.4) is 0 Å². The van der Waals surface area contributed by atoms with Crippen LogP contribution in [0.2, 0.25) is 0 Å². The number of aliphatic hydroxyl groups excluding tert-OH is 1. The molecule has 0 bridgehead atoms. The summed E-state index contributed by atoms with van der Waals surface area (Å²) in [5, 5.41) is 10.0. The lowest BCUT2D eigenvalue weighted by molar-refractivity contribution is 0.127. The number of hydrogen-bond donors (Lipinski definition) is 1. The minimum Gasteiger partial charge on any atom is -0.497 e. The van der Waals surface area contributed by atoms with Crippen LogP contribution >= 0.6 is 0 Å². The highest BCUT2D eigenvalue weighted by Crippen LogP contribution is 2.40. The van der Waals surface area contributed by atoms with Gasteiger partial charge in [-0.15, -0.1) is 0 Å². The van der Waals surface area contributed by atoms with E-state index >= 15 is 0 Å². The summed E-state index contributed by atoms with van der Waals surface area (Å²) in [6.45, 7) is 4.93. The van der Waals surface area contributed by atoms with Crippen molar-refractivity contribution in [2.75, 3.05) is 25.7 Å². The highest BCUT2D eigenvalue weighted by atomic mass is 16.5. The molecule has 2 rings (SSSR count). The third-order valence-corrected chi connectivity index (χ3v) is 3.81. The van der Waals surface area contributed by atoms with Crippen LogP contribution in [-0.2, 0) is 0 Å². The molecule has 4 nitrogen and oxygen atoms in total. The summed E-state index contributed by atoms with van der Waals surface area (Å²) in [5.74, 6) is 1.55. The summed E-state index contributed by atoms with van der Waals surface area (Å²) >= 11 is 0. The summed E-state index contributed by atoms with van der Waals surface area (Å²) in [5.41, 5.74) is 0.724. The Morgan fingerprint density at radius 3 is 2.50 bits per heavy atom. The minimum absolute atomic E-state index is 0.276. The summed E-state index contributed by atoms with van der Waals surface area (Å²) in [4.78, 5) is 2.19. The Kier molecular flexibility index (Phi) is 3.39. The van der Waals surface area contributed by atoms with Crippen molar-refractivity contribution in [3.05, 3.63) is 18.2 Å². The van der Waals surface area contributed by atoms with E-state index in [-0.39, 0.29) is 11.6 Å². The maximum absolute atomic E-state index is 10.0. The zero-order valence-electron chi connectivity index (χ0n) is 11.4. The van der Waals surface area contributed by atoms with E-state index in [4.69, 9.17) is 9.47 Å². The first-order chi connectivity index (χ1) is 8.50. The first kappa shape index (κ1) is 13.0. The van der Waals surface area contributed by atoms with Gasteiger partial charge < -0.3 is 19.5 Å². The molecule has 1 N–H and O–H groups in total. The summed E-state index contributed by atoms with van der Waals surface area (Å²) in [6, 6.07) is 5.77. The molecule has 1 fully saturated rings. The Balaban J connectivity index is 2.39. The van der Waals surface area contributed by atoms with Gasteiger partial charge in [0.1, 0.15) is 11.5 Å². The summed E-state index contributed by atoms with van der Waals surface area (Å²) in [7, 11) is 3.29. The van der Waals surface area contributed by atoms with E-state index in [9.17, 15) is 5.11 Å². The molecule has 1 aliphatic heterocycles. The smallest absolute Gasteiger partial charge is 0.145 e. The second-order valence-corrected chi connectivity index (χ2v) is 5.15. The van der Waals surface area contributed by atoms with Crippen molar-refractivity contribution in [3.63, 3.8) is 0 Å². The predicted octanol–water partition coefficient (Wildman–Crippen LogP) is 2.05. The van der Waals surface area contributed by atoms with Crippen LogP contribution in [0.1, 0.15) is 20.3 Å². The van der Waals surface area contributed by atoms with Crippen molar-refractivity contribution < 1.29 is 14.6 Å². The highest BCUT2D eigenvalue weighted by molar-refractivity contribution is 5.63. The lowest BCUT2D eigenvalue weighted by atomic mass is 9.98. The van der Waals surface area contributed by atoms with Crippen LogP contribution in [0.25, 0.3) is 0 Å². The van der Waals surface area contributed by atoms with Crippen molar-refractivity contribution in [2.24, 2.45) is 0 Å². The third-order valence-electron chi connectivity index (χ3n) is 3.81. The molecule has 0 amide bonds. The molecule has 0 aliphatic carbocycles. The average molecular weight is 251 g/mol. The van der Waals surface area contributed by atoms with Gasteiger partial charge >= 0.3 is 0 Å². The minimum atomic E-state index is -0.315. The summed E-state index contributed by atoms with van der Waals surface area (Å²) < 4.78 is 10.6. The van der Waals surface area contributed by atoms with Crippen molar-refractivity contribution in [1.82, 2.24) is 0 Å². The fourth-order valence-corrected chi connectivity index (χ4v) is 2.51. The van der Waals surface area contributed by atoms with Gasteiger partial charge in [0.05, 0.1) is 31.5 Å². The zero-order valence-corrected chi connectivity index (χ0v) is 11.4. The van der Waals surface area contributed by atoms with Crippen molar-refractivity contribution in [2.45, 2.75) is 31.9 Å². The van der Waals surface area contributed by atoms with Gasteiger partial charge in [-0.3, -0.25) is 0 Å². The van der Waals surface area contributed by atoms with E-state index in [1.807, 2.05) is 32.0 Å². The van der Waals surface area contributed by atoms with Gasteiger partial charge in [0.2, 0.25) is 0 Å². The molecule has 1 unspecified atom stereocenters. The predicted molar refractivity (Wildman–Crippen MR) is 71.6 cm³/mol. The maximum Gasteiger partial charge on any atom is 0.145 e. The Labute approximate surface area is 108 Å². The van der Waals surface area contributed by atoms with Crippen LogP contribution in [0.5, 0.6) is 11.5 Å². The summed E-state index contributed by atoms with van der Waals surface area (Å²) in [6.07, 6.45) is 0.464. The molecule has 1 saturated heterocycles. The van der Waals surface area contributed by atoms with E-state index in [1.54, 1.807) is 14.2 Å². The van der Waals surface area contributed by atoms with Gasteiger partial charge in [-0.05, 0) is 32.4 Å². The average Bonchev–Trinajstić information content (AvgIpc) is 2.63. The number of ether oxygens (including phenoxy) is 2. The SMILES string of the molecule is COc1ccc(N2CCC(O)C2(C)C)c(OC)c1. The van der Waals surface area contributed by atoms with Gasteiger partial charge in [-0.25, -0.2) is 0 Å². The van der Waals surface area contributed by atoms with E-state index < -0.39 is 0 Å². The Morgan fingerprint density at radius 1 is 1.28 bits per heavy atom. The molecule has 1 aromatic rings. The zero-order chi connectivity index (χ0) is 13.3. The fourth-order valence-electron chi connectivity index (χ4n) is 2.51. The van der Waals surface area contributed by atoms with Crippen molar-refractivity contribution in [3.8, 4) is 11.5 Å². The van der Waals surface area contributed by atoms with Crippen LogP contribution in [0, 0.1) is 0 Å². The first-order valence-corrected chi connectivity index (χ1v) is 6.18. The largest absolute Gasteiger partial charge is 0.497 e. The molecule has 100 valence electrons. The molecule has 0 aromatic heterocycles. The van der Waals surface area contributed by atoms with Gasteiger partial charge in [-0.1, -0.05) is 0 Å². The van der Waals surface area contributed by atoms with Gasteiger partial charge in [0.15, 0.2) is 0 Å². The molecule has 1 heterocycles. The lowest BCUT2D eigenvalue weighted by Crippen LogP contribution is -2.45. The first-order valence-electron chi connectivity index (χ1n) is 6.18. The molecule has 4 heteroatoms. The van der Waals surface area contributed by atoms with Crippen molar-refractivity contribution >= 4 is 5.69 Å². The normalized spacial score (nSPS) is 22.1. The molecule has 1 aromatic carbocycles. The van der Waals surface area contributed by atoms with Crippen LogP contribution in [0.15, 0.2) is 18.2 Å². The Morgan fingerprint density at radius 2 is 2.00 bits per heavy atom. The number of rotatable bonds is 3. The Bertz CT molecular complexity index is 431. The lowest BCUT2D eigenvalue weighted by Gasteiger charge is -2.36. The van der Waals surface area contributed by atoms with Gasteiger partial charge in [0.25, 0.3) is 0 Å². The molecule has 18 heavy (non-hydrogen) atoms. The Hall–Kier alpha value is -1.42. The number of anilines is 1. The van der Waals surface area contributed by atoms with E-state index in [2.05, 4.69) is 4.90 Å². The molecular formula is C14H21NO3. The number of aliphatic hydroxyl groups is 1. The monoisotopic (exact) mass is 251 g/mol. The molecule has 0 radical (unpaired) electrons. The van der Waals surface area contributed by atoms with E-state index in [0.717, 1.165) is 30.2 Å². The number of methoxy groups -OCH3 is 2. The molecule has 0 saturated carbocycles. The van der Waals surface area contributed by atoms with E-state index in [1.165, 1.54) is 0 Å².